The number of nitriles is 1. The second kappa shape index (κ2) is 5.92. The minimum absolute atomic E-state index is 0.129. The van der Waals surface area contributed by atoms with Gasteiger partial charge >= 0.3 is 0 Å². The molecule has 0 aromatic rings. The normalized spacial score (nSPS) is 28.8. The van der Waals surface area contributed by atoms with E-state index >= 15 is 0 Å². The zero-order valence-corrected chi connectivity index (χ0v) is 12.1. The highest BCUT2D eigenvalue weighted by Gasteiger charge is 2.43. The van der Waals surface area contributed by atoms with Crippen LogP contribution in [0.25, 0.3) is 0 Å². The molecule has 0 aromatic carbocycles. The van der Waals surface area contributed by atoms with Crippen molar-refractivity contribution in [1.82, 2.24) is 10.2 Å². The topological polar surface area (TPSA) is 56.1 Å². The molecule has 0 spiro atoms. The van der Waals surface area contributed by atoms with Crippen molar-refractivity contribution in [2.24, 2.45) is 0 Å². The van der Waals surface area contributed by atoms with Gasteiger partial charge in [0.05, 0.1) is 18.0 Å². The Balaban J connectivity index is 2.16. The molecule has 1 heterocycles. The van der Waals surface area contributed by atoms with Crippen LogP contribution in [0.2, 0.25) is 0 Å². The second-order valence-electron chi connectivity index (χ2n) is 6.46. The monoisotopic (exact) mass is 263 g/mol. The lowest BCUT2D eigenvalue weighted by atomic mass is 9.91. The van der Waals surface area contributed by atoms with Crippen LogP contribution in [0, 0.1) is 11.3 Å². The highest BCUT2D eigenvalue weighted by Crippen LogP contribution is 2.30. The summed E-state index contributed by atoms with van der Waals surface area (Å²) in [6.07, 6.45) is 7.54. The van der Waals surface area contributed by atoms with Crippen molar-refractivity contribution in [3.8, 4) is 6.07 Å². The van der Waals surface area contributed by atoms with Crippen LogP contribution in [0.3, 0.4) is 0 Å². The number of rotatable bonds is 2. The smallest absolute Gasteiger partial charge is 0.241 e. The maximum atomic E-state index is 12.7. The van der Waals surface area contributed by atoms with Gasteiger partial charge in [0, 0.05) is 12.6 Å². The summed E-state index contributed by atoms with van der Waals surface area (Å²) in [7, 11) is 0. The fraction of sp³-hybridized carbons (Fsp3) is 0.867. The fourth-order valence-electron chi connectivity index (χ4n) is 3.45. The molecule has 2 aliphatic rings. The third-order valence-corrected chi connectivity index (χ3v) is 4.45. The average molecular weight is 263 g/mol. The van der Waals surface area contributed by atoms with Gasteiger partial charge in [0.2, 0.25) is 5.91 Å². The Bertz CT molecular complexity index is 364. The van der Waals surface area contributed by atoms with Crippen LogP contribution in [-0.4, -0.2) is 35.0 Å². The summed E-state index contributed by atoms with van der Waals surface area (Å²) in [6.45, 7) is 5.04. The summed E-state index contributed by atoms with van der Waals surface area (Å²) in [5, 5.41) is 12.1. The molecule has 1 aliphatic heterocycles. The highest BCUT2D eigenvalue weighted by molar-refractivity contribution is 5.84. The molecule has 1 N–H and O–H groups in total. The van der Waals surface area contributed by atoms with E-state index in [1.54, 1.807) is 0 Å². The van der Waals surface area contributed by atoms with Gasteiger partial charge in [-0.1, -0.05) is 25.7 Å². The summed E-state index contributed by atoms with van der Waals surface area (Å²) in [6, 6.07) is 2.19. The third-order valence-electron chi connectivity index (χ3n) is 4.45. The standard InChI is InChI=1S/C15H25N3O/c1-15(2)11-17-13(9-10-16)14(19)18(15)12-7-5-3-4-6-8-12/h12-13,17H,3-9,11H2,1-2H3. The molecule has 0 aromatic heterocycles. The zero-order valence-electron chi connectivity index (χ0n) is 12.1. The van der Waals surface area contributed by atoms with Crippen LogP contribution in [0.1, 0.15) is 58.8 Å². The van der Waals surface area contributed by atoms with Crippen molar-refractivity contribution in [2.75, 3.05) is 6.54 Å². The number of piperazine rings is 1. The van der Waals surface area contributed by atoms with Gasteiger partial charge in [-0.05, 0) is 26.7 Å². The van der Waals surface area contributed by atoms with E-state index < -0.39 is 0 Å². The number of carbonyl (C=O) groups excluding carboxylic acids is 1. The molecule has 1 saturated carbocycles. The van der Waals surface area contributed by atoms with E-state index in [4.69, 9.17) is 5.26 Å². The Morgan fingerprint density at radius 3 is 2.53 bits per heavy atom. The molecule has 1 amide bonds. The van der Waals surface area contributed by atoms with Gasteiger partial charge < -0.3 is 10.2 Å². The van der Waals surface area contributed by atoms with Crippen LogP contribution in [0.15, 0.2) is 0 Å². The molecule has 1 aliphatic carbocycles. The first-order valence-electron chi connectivity index (χ1n) is 7.50. The summed E-state index contributed by atoms with van der Waals surface area (Å²) < 4.78 is 0. The molecule has 2 fully saturated rings. The van der Waals surface area contributed by atoms with E-state index in [0.29, 0.717) is 6.04 Å². The zero-order chi connectivity index (χ0) is 13.9. The molecule has 4 nitrogen and oxygen atoms in total. The van der Waals surface area contributed by atoms with Crippen LogP contribution in [0.5, 0.6) is 0 Å². The van der Waals surface area contributed by atoms with Crippen molar-refractivity contribution >= 4 is 5.91 Å². The third kappa shape index (κ3) is 3.09. The van der Waals surface area contributed by atoms with Gasteiger partial charge in [0.25, 0.3) is 0 Å². The van der Waals surface area contributed by atoms with E-state index in [2.05, 4.69) is 30.1 Å². The van der Waals surface area contributed by atoms with E-state index in [0.717, 1.165) is 19.4 Å². The fourth-order valence-corrected chi connectivity index (χ4v) is 3.45. The van der Waals surface area contributed by atoms with Crippen molar-refractivity contribution in [1.29, 1.82) is 5.26 Å². The Labute approximate surface area is 116 Å². The number of amides is 1. The molecule has 1 unspecified atom stereocenters. The molecule has 106 valence electrons. The van der Waals surface area contributed by atoms with Gasteiger partial charge in [-0.15, -0.1) is 0 Å². The minimum Gasteiger partial charge on any atom is -0.332 e. The molecule has 19 heavy (non-hydrogen) atoms. The van der Waals surface area contributed by atoms with Gasteiger partial charge in [-0.3, -0.25) is 4.79 Å². The predicted octanol–water partition coefficient (Wildman–Crippen LogP) is 2.20. The lowest BCUT2D eigenvalue weighted by Gasteiger charge is -2.49. The van der Waals surface area contributed by atoms with E-state index in [9.17, 15) is 4.79 Å². The van der Waals surface area contributed by atoms with Gasteiger partial charge in [-0.2, -0.15) is 5.26 Å². The number of hydrogen-bond acceptors (Lipinski definition) is 3. The maximum Gasteiger partial charge on any atom is 0.241 e. The Hall–Kier alpha value is -1.08. The average Bonchev–Trinajstić information content (AvgIpc) is 2.62. The molecule has 0 radical (unpaired) electrons. The van der Waals surface area contributed by atoms with E-state index in [1.165, 1.54) is 25.7 Å². The lowest BCUT2D eigenvalue weighted by Crippen LogP contribution is -2.67. The summed E-state index contributed by atoms with van der Waals surface area (Å²) in [4.78, 5) is 14.7. The molecule has 0 bridgehead atoms. The Kier molecular flexibility index (Phi) is 4.46. The quantitative estimate of drug-likeness (QED) is 0.777. The van der Waals surface area contributed by atoms with E-state index in [-0.39, 0.29) is 23.9 Å². The molecule has 2 rings (SSSR count). The summed E-state index contributed by atoms with van der Waals surface area (Å²) in [5.74, 6) is 0.129. The molecule has 1 atom stereocenters. The molecular formula is C15H25N3O. The van der Waals surface area contributed by atoms with Crippen molar-refractivity contribution in [2.45, 2.75) is 76.4 Å². The minimum atomic E-state index is -0.304. The van der Waals surface area contributed by atoms with Crippen LogP contribution >= 0.6 is 0 Å². The first-order chi connectivity index (χ1) is 9.06. The van der Waals surface area contributed by atoms with Crippen molar-refractivity contribution in [3.05, 3.63) is 0 Å². The van der Waals surface area contributed by atoms with Crippen LogP contribution in [0.4, 0.5) is 0 Å². The first kappa shape index (κ1) is 14.3. The predicted molar refractivity (Wildman–Crippen MR) is 74.4 cm³/mol. The number of hydrogen-bond donors (Lipinski definition) is 1. The van der Waals surface area contributed by atoms with Gasteiger partial charge in [-0.25, -0.2) is 0 Å². The summed E-state index contributed by atoms with van der Waals surface area (Å²) >= 11 is 0. The second-order valence-corrected chi connectivity index (χ2v) is 6.46. The van der Waals surface area contributed by atoms with Gasteiger partial charge in [0.15, 0.2) is 0 Å². The SMILES string of the molecule is CC1(C)CNC(CC#N)C(=O)N1C1CCCCCC1. The Morgan fingerprint density at radius 1 is 1.32 bits per heavy atom. The summed E-state index contributed by atoms with van der Waals surface area (Å²) in [5.41, 5.74) is -0.141. The molecule has 1 saturated heterocycles. The maximum absolute atomic E-state index is 12.7. The first-order valence-corrected chi connectivity index (χ1v) is 7.50. The van der Waals surface area contributed by atoms with Crippen LogP contribution < -0.4 is 5.32 Å². The number of carbonyl (C=O) groups is 1. The van der Waals surface area contributed by atoms with Gasteiger partial charge in [0.1, 0.15) is 6.04 Å². The highest BCUT2D eigenvalue weighted by atomic mass is 16.2. The Morgan fingerprint density at radius 2 is 1.95 bits per heavy atom. The van der Waals surface area contributed by atoms with E-state index in [1.807, 2.05) is 0 Å². The lowest BCUT2D eigenvalue weighted by molar-refractivity contribution is -0.147. The van der Waals surface area contributed by atoms with Crippen LogP contribution in [-0.2, 0) is 4.79 Å². The molecule has 4 heteroatoms. The number of nitrogens with zero attached hydrogens (tertiary/aromatic N) is 2. The van der Waals surface area contributed by atoms with Crippen molar-refractivity contribution < 1.29 is 4.79 Å². The number of nitrogens with one attached hydrogen (secondary N) is 1. The van der Waals surface area contributed by atoms with Crippen molar-refractivity contribution in [3.63, 3.8) is 0 Å². The molecular weight excluding hydrogens is 238 g/mol. The largest absolute Gasteiger partial charge is 0.332 e.